The van der Waals surface area contributed by atoms with Gasteiger partial charge in [-0.25, -0.2) is 8.42 Å². The third-order valence-corrected chi connectivity index (χ3v) is 8.16. The van der Waals surface area contributed by atoms with E-state index in [0.717, 1.165) is 30.6 Å². The summed E-state index contributed by atoms with van der Waals surface area (Å²) in [4.78, 5) is 15.0. The molecule has 2 heterocycles. The largest absolute Gasteiger partial charge is 0.497 e. The van der Waals surface area contributed by atoms with Crippen LogP contribution in [0, 0.1) is 0 Å². The average Bonchev–Trinajstić information content (AvgIpc) is 3.46. The molecule has 0 bridgehead atoms. The van der Waals surface area contributed by atoms with Crippen molar-refractivity contribution in [1.82, 2.24) is 9.21 Å². The summed E-state index contributed by atoms with van der Waals surface area (Å²) in [5.41, 5.74) is 1.40. The number of hydrogen-bond donors (Lipinski definition) is 0. The number of methoxy groups -OCH3 is 1. The monoisotopic (exact) mass is 448 g/mol. The highest BCUT2D eigenvalue weighted by atomic mass is 35.5. The van der Waals surface area contributed by atoms with Crippen LogP contribution >= 0.6 is 11.6 Å². The van der Waals surface area contributed by atoms with Crippen LogP contribution < -0.4 is 4.74 Å². The standard InChI is InChI=1S/C22H25ClN2O4S/c1-29-18-6-4-16(5-7-18)17-10-13-24(15-17)22(26)20-14-19(8-9-21(20)23)30(27,28)25-11-2-3-12-25/h4-9,14,17H,2-3,10-13,15H2,1H3. The van der Waals surface area contributed by atoms with Crippen LogP contribution in [0.5, 0.6) is 5.75 Å². The molecule has 2 fully saturated rings. The van der Waals surface area contributed by atoms with Crippen molar-refractivity contribution in [2.24, 2.45) is 0 Å². The number of rotatable bonds is 5. The van der Waals surface area contributed by atoms with Crippen LogP contribution in [0.1, 0.15) is 41.1 Å². The van der Waals surface area contributed by atoms with E-state index in [2.05, 4.69) is 0 Å². The van der Waals surface area contributed by atoms with E-state index in [9.17, 15) is 13.2 Å². The van der Waals surface area contributed by atoms with E-state index in [1.165, 1.54) is 22.5 Å². The molecule has 2 aliphatic rings. The summed E-state index contributed by atoms with van der Waals surface area (Å²) >= 11 is 6.30. The van der Waals surface area contributed by atoms with Crippen LogP contribution in [0.3, 0.4) is 0 Å². The SMILES string of the molecule is COc1ccc(C2CCN(C(=O)c3cc(S(=O)(=O)N4CCCC4)ccc3Cl)C2)cc1. The molecular formula is C22H25ClN2O4S. The molecule has 0 spiro atoms. The number of carbonyl (C=O) groups is 1. The van der Waals surface area contributed by atoms with Crippen molar-refractivity contribution in [1.29, 1.82) is 0 Å². The van der Waals surface area contributed by atoms with E-state index in [-0.39, 0.29) is 27.3 Å². The van der Waals surface area contributed by atoms with Crippen molar-refractivity contribution in [3.63, 3.8) is 0 Å². The smallest absolute Gasteiger partial charge is 0.255 e. The van der Waals surface area contributed by atoms with Gasteiger partial charge in [0.15, 0.2) is 0 Å². The number of benzene rings is 2. The van der Waals surface area contributed by atoms with Gasteiger partial charge in [-0.2, -0.15) is 4.31 Å². The van der Waals surface area contributed by atoms with Gasteiger partial charge in [0, 0.05) is 32.1 Å². The van der Waals surface area contributed by atoms with Crippen LogP contribution in [0.25, 0.3) is 0 Å². The molecule has 1 atom stereocenters. The van der Waals surface area contributed by atoms with Crippen LogP contribution in [0.2, 0.25) is 5.02 Å². The van der Waals surface area contributed by atoms with Gasteiger partial charge in [0.05, 0.1) is 22.6 Å². The molecule has 1 unspecified atom stereocenters. The van der Waals surface area contributed by atoms with Gasteiger partial charge in [0.1, 0.15) is 5.75 Å². The molecule has 0 N–H and O–H groups in total. The first-order chi connectivity index (χ1) is 14.4. The maximum Gasteiger partial charge on any atom is 0.255 e. The fraction of sp³-hybridized carbons (Fsp3) is 0.409. The normalized spacial score (nSPS) is 19.9. The zero-order valence-corrected chi connectivity index (χ0v) is 18.5. The molecule has 8 heteroatoms. The Hall–Kier alpha value is -2.09. The minimum absolute atomic E-state index is 0.128. The summed E-state index contributed by atoms with van der Waals surface area (Å²) in [5, 5.41) is 0.272. The maximum absolute atomic E-state index is 13.2. The third-order valence-electron chi connectivity index (χ3n) is 5.93. The van der Waals surface area contributed by atoms with Gasteiger partial charge in [-0.15, -0.1) is 0 Å². The summed E-state index contributed by atoms with van der Waals surface area (Å²) in [7, 11) is -1.97. The lowest BCUT2D eigenvalue weighted by Gasteiger charge is -2.20. The fourth-order valence-corrected chi connectivity index (χ4v) is 5.91. The van der Waals surface area contributed by atoms with Gasteiger partial charge >= 0.3 is 0 Å². The molecule has 30 heavy (non-hydrogen) atoms. The molecule has 6 nitrogen and oxygen atoms in total. The summed E-state index contributed by atoms with van der Waals surface area (Å²) in [5.74, 6) is 0.803. The zero-order chi connectivity index (χ0) is 21.3. The van der Waals surface area contributed by atoms with Crippen LogP contribution in [0.4, 0.5) is 0 Å². The first-order valence-corrected chi connectivity index (χ1v) is 11.9. The van der Waals surface area contributed by atoms with E-state index in [1.807, 2.05) is 24.3 Å². The first-order valence-electron chi connectivity index (χ1n) is 10.1. The zero-order valence-electron chi connectivity index (χ0n) is 16.9. The number of carbonyl (C=O) groups excluding carboxylic acids is 1. The Bertz CT molecular complexity index is 1030. The number of likely N-dealkylation sites (tertiary alicyclic amines) is 1. The summed E-state index contributed by atoms with van der Waals surface area (Å²) in [6, 6.07) is 12.3. The number of ether oxygens (including phenoxy) is 1. The highest BCUT2D eigenvalue weighted by molar-refractivity contribution is 7.89. The number of sulfonamides is 1. The average molecular weight is 449 g/mol. The van der Waals surface area contributed by atoms with Crippen LogP contribution in [-0.2, 0) is 10.0 Å². The molecule has 2 aromatic rings. The second-order valence-corrected chi connectivity index (χ2v) is 10.1. The van der Waals surface area contributed by atoms with Crippen molar-refractivity contribution in [3.8, 4) is 5.75 Å². The molecule has 2 aromatic carbocycles. The molecule has 160 valence electrons. The Kier molecular flexibility index (Phi) is 6.04. The molecule has 4 rings (SSSR count). The van der Waals surface area contributed by atoms with Gasteiger partial charge in [-0.1, -0.05) is 23.7 Å². The van der Waals surface area contributed by atoms with Crippen molar-refractivity contribution in [2.75, 3.05) is 33.3 Å². The Morgan fingerprint density at radius 3 is 2.43 bits per heavy atom. The van der Waals surface area contributed by atoms with E-state index >= 15 is 0 Å². The molecule has 0 aromatic heterocycles. The number of amides is 1. The molecule has 2 saturated heterocycles. The lowest BCUT2D eigenvalue weighted by Crippen LogP contribution is -2.30. The summed E-state index contributed by atoms with van der Waals surface area (Å²) in [6.07, 6.45) is 2.57. The van der Waals surface area contributed by atoms with E-state index in [1.54, 1.807) is 12.0 Å². The number of hydrogen-bond acceptors (Lipinski definition) is 4. The van der Waals surface area contributed by atoms with Crippen molar-refractivity contribution >= 4 is 27.5 Å². The minimum atomic E-state index is -3.60. The molecule has 1 amide bonds. The second kappa shape index (κ2) is 8.57. The van der Waals surface area contributed by atoms with Gasteiger partial charge in [-0.3, -0.25) is 4.79 Å². The third kappa shape index (κ3) is 4.06. The van der Waals surface area contributed by atoms with E-state index < -0.39 is 10.0 Å². The Balaban J connectivity index is 1.53. The molecule has 2 aliphatic heterocycles. The number of nitrogens with zero attached hydrogens (tertiary/aromatic N) is 2. The van der Waals surface area contributed by atoms with Gasteiger partial charge in [0.2, 0.25) is 10.0 Å². The van der Waals surface area contributed by atoms with E-state index in [0.29, 0.717) is 26.2 Å². The quantitative estimate of drug-likeness (QED) is 0.698. The fourth-order valence-electron chi connectivity index (χ4n) is 4.17. The molecular weight excluding hydrogens is 424 g/mol. The lowest BCUT2D eigenvalue weighted by atomic mass is 9.98. The van der Waals surface area contributed by atoms with Gasteiger partial charge in [-0.05, 0) is 55.2 Å². The molecule has 0 aliphatic carbocycles. The second-order valence-electron chi connectivity index (χ2n) is 7.76. The predicted octanol–water partition coefficient (Wildman–Crippen LogP) is 3.76. The number of halogens is 1. The predicted molar refractivity (Wildman–Crippen MR) is 116 cm³/mol. The maximum atomic E-state index is 13.2. The Morgan fingerprint density at radius 1 is 1.07 bits per heavy atom. The molecule has 0 saturated carbocycles. The Morgan fingerprint density at radius 2 is 1.77 bits per heavy atom. The van der Waals surface area contributed by atoms with Crippen molar-refractivity contribution in [2.45, 2.75) is 30.1 Å². The lowest BCUT2D eigenvalue weighted by molar-refractivity contribution is 0.0790. The van der Waals surface area contributed by atoms with Crippen LogP contribution in [0.15, 0.2) is 47.4 Å². The van der Waals surface area contributed by atoms with Crippen molar-refractivity contribution in [3.05, 3.63) is 58.6 Å². The molecule has 0 radical (unpaired) electrons. The van der Waals surface area contributed by atoms with Crippen LogP contribution in [-0.4, -0.2) is 56.8 Å². The highest BCUT2D eigenvalue weighted by Gasteiger charge is 2.31. The minimum Gasteiger partial charge on any atom is -0.497 e. The Labute approximate surface area is 182 Å². The van der Waals surface area contributed by atoms with Crippen molar-refractivity contribution < 1.29 is 17.9 Å². The first kappa shape index (κ1) is 21.2. The highest BCUT2D eigenvalue weighted by Crippen LogP contribution is 2.31. The topological polar surface area (TPSA) is 66.9 Å². The van der Waals surface area contributed by atoms with Gasteiger partial charge in [0.25, 0.3) is 5.91 Å². The van der Waals surface area contributed by atoms with E-state index in [4.69, 9.17) is 16.3 Å². The summed E-state index contributed by atoms with van der Waals surface area (Å²) < 4.78 is 32.4. The summed E-state index contributed by atoms with van der Waals surface area (Å²) in [6.45, 7) is 2.22. The van der Waals surface area contributed by atoms with Gasteiger partial charge < -0.3 is 9.64 Å².